The van der Waals surface area contributed by atoms with E-state index in [0.717, 1.165) is 40.2 Å². The number of carboxylic acid groups (broad SMARTS) is 1. The molecule has 3 rings (SSSR count). The van der Waals surface area contributed by atoms with E-state index >= 15 is 0 Å². The lowest BCUT2D eigenvalue weighted by Crippen LogP contribution is -2.25. The summed E-state index contributed by atoms with van der Waals surface area (Å²) in [4.78, 5) is 13.3. The summed E-state index contributed by atoms with van der Waals surface area (Å²) in [6, 6.07) is 9.77. The third-order valence-electron chi connectivity index (χ3n) is 5.16. The monoisotopic (exact) mass is 491 g/mol. The highest BCUT2D eigenvalue weighted by Gasteiger charge is 2.32. The normalized spacial score (nSPS) is 14.1. The minimum Gasteiger partial charge on any atom is -0.488 e. The molecule has 0 amide bonds. The third-order valence-corrected chi connectivity index (χ3v) is 5.38. The Balaban J connectivity index is 0.00000137. The number of carbonyl (C=O) groups is 1. The van der Waals surface area contributed by atoms with Crippen molar-refractivity contribution in [2.45, 2.75) is 80.1 Å². The van der Waals surface area contributed by atoms with Crippen molar-refractivity contribution in [1.29, 1.82) is 0 Å². The van der Waals surface area contributed by atoms with Gasteiger partial charge >= 0.3 is 5.97 Å². The first-order chi connectivity index (χ1) is 16.0. The van der Waals surface area contributed by atoms with Crippen LogP contribution in [0.25, 0.3) is 0 Å². The smallest absolute Gasteiger partial charge is 0.306 e. The molecule has 1 aliphatic rings. The van der Waals surface area contributed by atoms with Gasteiger partial charge in [0.25, 0.3) is 0 Å². The van der Waals surface area contributed by atoms with E-state index in [1.54, 1.807) is 6.92 Å². The molecule has 2 aromatic carbocycles. The maximum absolute atomic E-state index is 11.2. The molecule has 0 aliphatic carbocycles. The van der Waals surface area contributed by atoms with Crippen molar-refractivity contribution in [2.24, 2.45) is 5.92 Å². The van der Waals surface area contributed by atoms with E-state index in [4.69, 9.17) is 21.1 Å². The maximum atomic E-state index is 11.2. The first-order valence-electron chi connectivity index (χ1n) is 12.2. The number of carboxylic acids is 1. The topological polar surface area (TPSA) is 59.0 Å². The second kappa shape index (κ2) is 13.6. The number of ether oxygens (including phenoxy) is 2. The molecule has 190 valence electrons. The van der Waals surface area contributed by atoms with Crippen LogP contribution in [0.1, 0.15) is 70.7 Å². The predicted octanol–water partition coefficient (Wildman–Crippen LogP) is 7.01. The summed E-state index contributed by atoms with van der Waals surface area (Å²) in [5.74, 6) is 0.424. The van der Waals surface area contributed by atoms with Crippen molar-refractivity contribution < 1.29 is 19.4 Å². The van der Waals surface area contributed by atoms with Crippen LogP contribution in [0, 0.1) is 5.92 Å². The van der Waals surface area contributed by atoms with E-state index in [1.165, 1.54) is 0 Å². The van der Waals surface area contributed by atoms with Gasteiger partial charge in [0.2, 0.25) is 0 Å². The molecule has 2 aromatic rings. The average Bonchev–Trinajstić information content (AvgIpc) is 3.09. The summed E-state index contributed by atoms with van der Waals surface area (Å²) in [6.07, 6.45) is 1.30. The maximum Gasteiger partial charge on any atom is 0.306 e. The van der Waals surface area contributed by atoms with Crippen molar-refractivity contribution in [2.75, 3.05) is 14.1 Å². The fourth-order valence-electron chi connectivity index (χ4n) is 3.81. The summed E-state index contributed by atoms with van der Waals surface area (Å²) in [5.41, 5.74) is 3.80. The average molecular weight is 492 g/mol. The predicted molar refractivity (Wildman–Crippen MR) is 141 cm³/mol. The molecule has 6 heteroatoms. The van der Waals surface area contributed by atoms with Crippen molar-refractivity contribution in [3.05, 3.63) is 57.6 Å². The van der Waals surface area contributed by atoms with E-state index in [-0.39, 0.29) is 5.60 Å². The van der Waals surface area contributed by atoms with Crippen LogP contribution in [0.15, 0.2) is 30.3 Å². The molecule has 0 saturated carbocycles. The largest absolute Gasteiger partial charge is 0.488 e. The number of halogens is 1. The fourth-order valence-corrected chi connectivity index (χ4v) is 4.08. The second-order valence-corrected chi connectivity index (χ2v) is 9.44. The number of hydrogen-bond donors (Lipinski definition) is 1. The van der Waals surface area contributed by atoms with Crippen molar-refractivity contribution in [3.8, 4) is 11.5 Å². The first kappa shape index (κ1) is 29.8. The third kappa shape index (κ3) is 8.52. The molecule has 1 aliphatic heterocycles. The highest BCUT2D eigenvalue weighted by Crippen LogP contribution is 2.40. The van der Waals surface area contributed by atoms with Crippen molar-refractivity contribution >= 4 is 17.6 Å². The van der Waals surface area contributed by atoms with Crippen LogP contribution in [-0.2, 0) is 30.8 Å². The molecule has 0 fully saturated rings. The molecule has 1 unspecified atom stereocenters. The van der Waals surface area contributed by atoms with Gasteiger partial charge in [0, 0.05) is 29.1 Å². The van der Waals surface area contributed by atoms with Gasteiger partial charge in [-0.25, -0.2) is 0 Å². The standard InChI is InChI=1S/C24H30ClNO4.2C2H6/c1-15(23(27)28)8-16-6-7-21(18(9-16)13-26(4)5)29-14-19-11-20(25)10-17-12-24(2,3)30-22(17)19;2*1-2/h6-7,9-11,15H,8,12-14H2,1-5H3,(H,27,28);2*1-2H3. The zero-order valence-electron chi connectivity index (χ0n) is 22.3. The Kier molecular flexibility index (Phi) is 11.9. The van der Waals surface area contributed by atoms with Gasteiger partial charge in [0.05, 0.1) is 5.92 Å². The fraction of sp³-hybridized carbons (Fsp3) is 0.536. The molecule has 5 nitrogen and oxygen atoms in total. The van der Waals surface area contributed by atoms with Crippen LogP contribution in [0.4, 0.5) is 0 Å². The van der Waals surface area contributed by atoms with Crippen LogP contribution in [0.5, 0.6) is 11.5 Å². The molecule has 0 radical (unpaired) electrons. The highest BCUT2D eigenvalue weighted by molar-refractivity contribution is 6.30. The van der Waals surface area contributed by atoms with Gasteiger partial charge in [-0.1, -0.05) is 58.4 Å². The van der Waals surface area contributed by atoms with E-state index in [0.29, 0.717) is 24.6 Å². The van der Waals surface area contributed by atoms with Gasteiger partial charge in [-0.3, -0.25) is 4.79 Å². The minimum atomic E-state index is -0.790. The quantitative estimate of drug-likeness (QED) is 0.430. The molecule has 0 aromatic heterocycles. The lowest BCUT2D eigenvalue weighted by Gasteiger charge is -2.20. The SMILES string of the molecule is CC.CC.CC(Cc1ccc(OCc2cc(Cl)cc3c2OC(C)(C)C3)c(CN(C)C)c1)C(=O)O. The van der Waals surface area contributed by atoms with Crippen LogP contribution < -0.4 is 9.47 Å². The van der Waals surface area contributed by atoms with Gasteiger partial charge < -0.3 is 19.5 Å². The molecular formula is C28H42ClNO4. The Hall–Kier alpha value is -2.24. The Morgan fingerprint density at radius 3 is 2.38 bits per heavy atom. The van der Waals surface area contributed by atoms with Gasteiger partial charge in [0.1, 0.15) is 23.7 Å². The summed E-state index contributed by atoms with van der Waals surface area (Å²) in [5, 5.41) is 9.88. The second-order valence-electron chi connectivity index (χ2n) is 9.00. The zero-order valence-corrected chi connectivity index (χ0v) is 23.0. The minimum absolute atomic E-state index is 0.250. The number of nitrogens with zero attached hydrogens (tertiary/aromatic N) is 1. The Labute approximate surface area is 211 Å². The molecule has 0 spiro atoms. The number of rotatable bonds is 8. The Morgan fingerprint density at radius 2 is 1.79 bits per heavy atom. The summed E-state index contributed by atoms with van der Waals surface area (Å²) < 4.78 is 12.3. The van der Waals surface area contributed by atoms with Crippen LogP contribution in [0.2, 0.25) is 5.02 Å². The van der Waals surface area contributed by atoms with Crippen molar-refractivity contribution in [1.82, 2.24) is 4.90 Å². The van der Waals surface area contributed by atoms with Gasteiger partial charge in [0.15, 0.2) is 0 Å². The van der Waals surface area contributed by atoms with Crippen LogP contribution >= 0.6 is 11.6 Å². The lowest BCUT2D eigenvalue weighted by molar-refractivity contribution is -0.141. The molecule has 0 bridgehead atoms. The number of aliphatic carboxylic acids is 1. The number of benzene rings is 2. The summed E-state index contributed by atoms with van der Waals surface area (Å²) in [7, 11) is 3.99. The van der Waals surface area contributed by atoms with Crippen LogP contribution in [-0.4, -0.2) is 35.7 Å². The van der Waals surface area contributed by atoms with Gasteiger partial charge in [-0.05, 0) is 63.7 Å². The van der Waals surface area contributed by atoms with Gasteiger partial charge in [-0.15, -0.1) is 0 Å². The molecular weight excluding hydrogens is 450 g/mol. The number of fused-ring (bicyclic) bond motifs is 1. The lowest BCUT2D eigenvalue weighted by atomic mass is 9.99. The van der Waals surface area contributed by atoms with E-state index in [1.807, 2.05) is 72.1 Å². The highest BCUT2D eigenvalue weighted by atomic mass is 35.5. The first-order valence-corrected chi connectivity index (χ1v) is 12.5. The van der Waals surface area contributed by atoms with Crippen molar-refractivity contribution in [3.63, 3.8) is 0 Å². The number of hydrogen-bond acceptors (Lipinski definition) is 4. The van der Waals surface area contributed by atoms with E-state index < -0.39 is 11.9 Å². The Bertz CT molecular complexity index is 940. The molecule has 34 heavy (non-hydrogen) atoms. The summed E-state index contributed by atoms with van der Waals surface area (Å²) >= 11 is 6.33. The summed E-state index contributed by atoms with van der Waals surface area (Å²) in [6.45, 7) is 14.9. The molecule has 1 heterocycles. The zero-order chi connectivity index (χ0) is 26.1. The van der Waals surface area contributed by atoms with E-state index in [2.05, 4.69) is 18.7 Å². The Morgan fingerprint density at radius 1 is 1.15 bits per heavy atom. The van der Waals surface area contributed by atoms with Gasteiger partial charge in [-0.2, -0.15) is 0 Å². The van der Waals surface area contributed by atoms with E-state index in [9.17, 15) is 9.90 Å². The van der Waals surface area contributed by atoms with Crippen LogP contribution in [0.3, 0.4) is 0 Å². The molecule has 0 saturated heterocycles. The molecule has 1 atom stereocenters. The molecule has 1 N–H and O–H groups in total.